The van der Waals surface area contributed by atoms with Crippen molar-refractivity contribution in [2.24, 2.45) is 5.92 Å². The molecule has 0 aromatic carbocycles. The third kappa shape index (κ3) is 3.30. The van der Waals surface area contributed by atoms with Crippen LogP contribution in [0.15, 0.2) is 11.1 Å². The number of aromatic nitrogens is 2. The van der Waals surface area contributed by atoms with Gasteiger partial charge < -0.3 is 19.9 Å². The molecule has 0 radical (unpaired) electrons. The molecule has 1 aliphatic rings. The van der Waals surface area contributed by atoms with Crippen molar-refractivity contribution in [3.8, 4) is 5.75 Å². The number of hydrogen-bond donors (Lipinski definition) is 2. The summed E-state index contributed by atoms with van der Waals surface area (Å²) in [5.41, 5.74) is -0.224. The molecule has 20 heavy (non-hydrogen) atoms. The topological polar surface area (TPSA) is 70.2 Å². The van der Waals surface area contributed by atoms with Gasteiger partial charge in [-0.3, -0.25) is 4.79 Å². The van der Waals surface area contributed by atoms with E-state index in [4.69, 9.17) is 4.74 Å². The van der Waals surface area contributed by atoms with Crippen LogP contribution in [0.2, 0.25) is 0 Å². The molecule has 1 fully saturated rings. The zero-order chi connectivity index (χ0) is 14.5. The summed E-state index contributed by atoms with van der Waals surface area (Å²) in [5, 5.41) is 3.48. The predicted octanol–water partition coefficient (Wildman–Crippen LogP) is 0.993. The zero-order valence-corrected chi connectivity index (χ0v) is 12.5. The van der Waals surface area contributed by atoms with Gasteiger partial charge in [-0.15, -0.1) is 0 Å². The second-order valence-electron chi connectivity index (χ2n) is 5.63. The van der Waals surface area contributed by atoms with E-state index >= 15 is 0 Å². The molecule has 6 nitrogen and oxygen atoms in total. The molecular formula is C14H24N4O2. The summed E-state index contributed by atoms with van der Waals surface area (Å²) < 4.78 is 5.21. The van der Waals surface area contributed by atoms with Crippen molar-refractivity contribution in [3.63, 3.8) is 0 Å². The largest absolute Gasteiger partial charge is 0.489 e. The molecule has 0 amide bonds. The maximum absolute atomic E-state index is 11.8. The molecule has 2 rings (SSSR count). The number of nitrogens with one attached hydrogen (secondary N) is 2. The van der Waals surface area contributed by atoms with Crippen molar-refractivity contribution < 1.29 is 4.74 Å². The van der Waals surface area contributed by atoms with Gasteiger partial charge in [-0.2, -0.15) is 0 Å². The number of rotatable bonds is 6. The van der Waals surface area contributed by atoms with Gasteiger partial charge in [0.15, 0.2) is 5.82 Å². The van der Waals surface area contributed by atoms with Crippen molar-refractivity contribution in [3.05, 3.63) is 16.7 Å². The Kier molecular flexibility index (Phi) is 5.00. The highest BCUT2D eigenvalue weighted by molar-refractivity contribution is 5.52. The maximum Gasteiger partial charge on any atom is 0.295 e. The molecule has 0 saturated carbocycles. The molecule has 1 aliphatic heterocycles. The highest BCUT2D eigenvalue weighted by Gasteiger charge is 2.28. The average molecular weight is 280 g/mol. The second kappa shape index (κ2) is 6.74. The molecule has 0 bridgehead atoms. The summed E-state index contributed by atoms with van der Waals surface area (Å²) in [4.78, 5) is 20.8. The van der Waals surface area contributed by atoms with Gasteiger partial charge in [0.25, 0.3) is 5.56 Å². The number of hydrogen-bond acceptors (Lipinski definition) is 5. The summed E-state index contributed by atoms with van der Waals surface area (Å²) in [5.74, 6) is 1.60. The van der Waals surface area contributed by atoms with Gasteiger partial charge >= 0.3 is 0 Å². The molecule has 1 aromatic rings. The van der Waals surface area contributed by atoms with Gasteiger partial charge in [-0.05, 0) is 25.3 Å². The second-order valence-corrected chi connectivity index (χ2v) is 5.63. The summed E-state index contributed by atoms with van der Waals surface area (Å²) >= 11 is 0. The van der Waals surface area contributed by atoms with Gasteiger partial charge in [0.2, 0.25) is 5.75 Å². The van der Waals surface area contributed by atoms with E-state index in [1.54, 1.807) is 0 Å². The molecule has 2 N–H and O–H groups in total. The van der Waals surface area contributed by atoms with Crippen LogP contribution in [0.25, 0.3) is 0 Å². The Morgan fingerprint density at radius 1 is 1.60 bits per heavy atom. The van der Waals surface area contributed by atoms with E-state index in [-0.39, 0.29) is 5.56 Å². The molecule has 0 aliphatic carbocycles. The standard InChI is InChI=1S/C14H24N4O2/c1-10(2)7-15-8-11-5-4-6-18(11)13-12(20-3)14(19)17-9-16-13/h9-11,15H,4-8H2,1-3H3,(H,16,17,19). The van der Waals surface area contributed by atoms with Crippen molar-refractivity contribution >= 4 is 5.82 Å². The van der Waals surface area contributed by atoms with Crippen LogP contribution in [0.5, 0.6) is 5.75 Å². The van der Waals surface area contributed by atoms with Crippen molar-refractivity contribution in [1.29, 1.82) is 0 Å². The van der Waals surface area contributed by atoms with Crippen LogP contribution in [0, 0.1) is 5.92 Å². The molecule has 6 heteroatoms. The van der Waals surface area contributed by atoms with Gasteiger partial charge in [0.05, 0.1) is 13.4 Å². The minimum atomic E-state index is -0.224. The van der Waals surface area contributed by atoms with E-state index in [0.29, 0.717) is 23.5 Å². The van der Waals surface area contributed by atoms with E-state index in [1.807, 2.05) is 0 Å². The first-order valence-corrected chi connectivity index (χ1v) is 7.22. The monoisotopic (exact) mass is 280 g/mol. The minimum Gasteiger partial charge on any atom is -0.489 e. The van der Waals surface area contributed by atoms with Crippen LogP contribution >= 0.6 is 0 Å². The zero-order valence-electron chi connectivity index (χ0n) is 12.5. The van der Waals surface area contributed by atoms with Crippen molar-refractivity contribution in [2.75, 3.05) is 31.6 Å². The van der Waals surface area contributed by atoms with Crippen LogP contribution in [0.4, 0.5) is 5.82 Å². The lowest BCUT2D eigenvalue weighted by Crippen LogP contribution is -2.40. The molecule has 1 saturated heterocycles. The van der Waals surface area contributed by atoms with Crippen molar-refractivity contribution in [1.82, 2.24) is 15.3 Å². The van der Waals surface area contributed by atoms with E-state index in [2.05, 4.69) is 34.0 Å². The van der Waals surface area contributed by atoms with Crippen LogP contribution < -0.4 is 20.5 Å². The first-order chi connectivity index (χ1) is 9.63. The average Bonchev–Trinajstić information content (AvgIpc) is 2.86. The van der Waals surface area contributed by atoms with Crippen LogP contribution in [-0.4, -0.2) is 42.8 Å². The Morgan fingerprint density at radius 3 is 3.10 bits per heavy atom. The van der Waals surface area contributed by atoms with E-state index in [1.165, 1.54) is 13.4 Å². The maximum atomic E-state index is 11.8. The molecule has 0 spiro atoms. The summed E-state index contributed by atoms with van der Waals surface area (Å²) in [6.07, 6.45) is 3.67. The smallest absolute Gasteiger partial charge is 0.295 e. The third-order valence-corrected chi connectivity index (χ3v) is 3.58. The van der Waals surface area contributed by atoms with Crippen LogP contribution in [-0.2, 0) is 0 Å². The lowest BCUT2D eigenvalue weighted by molar-refractivity contribution is 0.404. The number of anilines is 1. The van der Waals surface area contributed by atoms with E-state index < -0.39 is 0 Å². The summed E-state index contributed by atoms with van der Waals surface area (Å²) in [6, 6.07) is 0.372. The number of methoxy groups -OCH3 is 1. The number of ether oxygens (including phenoxy) is 1. The summed E-state index contributed by atoms with van der Waals surface area (Å²) in [7, 11) is 1.51. The van der Waals surface area contributed by atoms with Gasteiger partial charge in [0, 0.05) is 19.1 Å². The van der Waals surface area contributed by atoms with Gasteiger partial charge in [-0.25, -0.2) is 4.98 Å². The fraction of sp³-hybridized carbons (Fsp3) is 0.714. The number of H-pyrrole nitrogens is 1. The lowest BCUT2D eigenvalue weighted by Gasteiger charge is -2.27. The fourth-order valence-corrected chi connectivity index (χ4v) is 2.63. The quantitative estimate of drug-likeness (QED) is 0.813. The highest BCUT2D eigenvalue weighted by atomic mass is 16.5. The number of aromatic amines is 1. The Bertz CT molecular complexity index is 486. The van der Waals surface area contributed by atoms with Crippen molar-refractivity contribution in [2.45, 2.75) is 32.7 Å². The normalized spacial score (nSPS) is 18.8. The Hall–Kier alpha value is -1.56. The predicted molar refractivity (Wildman–Crippen MR) is 79.5 cm³/mol. The SMILES string of the molecule is COc1c(N2CCCC2CNCC(C)C)nc[nH]c1=O. The Labute approximate surface area is 119 Å². The first kappa shape index (κ1) is 14.8. The fourth-order valence-electron chi connectivity index (χ4n) is 2.63. The molecular weight excluding hydrogens is 256 g/mol. The molecule has 112 valence electrons. The van der Waals surface area contributed by atoms with Gasteiger partial charge in [-0.1, -0.05) is 13.8 Å². The molecule has 1 unspecified atom stereocenters. The Balaban J connectivity index is 2.10. The molecule has 1 atom stereocenters. The van der Waals surface area contributed by atoms with E-state index in [0.717, 1.165) is 32.5 Å². The Morgan fingerprint density at radius 2 is 2.40 bits per heavy atom. The lowest BCUT2D eigenvalue weighted by atomic mass is 10.2. The summed E-state index contributed by atoms with van der Waals surface area (Å²) in [6.45, 7) is 7.22. The van der Waals surface area contributed by atoms with Crippen LogP contribution in [0.1, 0.15) is 26.7 Å². The molecule has 1 aromatic heterocycles. The number of nitrogens with zero attached hydrogens (tertiary/aromatic N) is 2. The molecule has 2 heterocycles. The minimum absolute atomic E-state index is 0.224. The highest BCUT2D eigenvalue weighted by Crippen LogP contribution is 2.28. The third-order valence-electron chi connectivity index (χ3n) is 3.58. The van der Waals surface area contributed by atoms with Gasteiger partial charge in [0.1, 0.15) is 0 Å². The first-order valence-electron chi connectivity index (χ1n) is 7.22. The van der Waals surface area contributed by atoms with Crippen LogP contribution in [0.3, 0.4) is 0 Å². The van der Waals surface area contributed by atoms with E-state index in [9.17, 15) is 4.79 Å².